The van der Waals surface area contributed by atoms with Crippen molar-refractivity contribution in [2.24, 2.45) is 0 Å². The molecule has 0 fully saturated rings. The molecule has 1 atom stereocenters. The summed E-state index contributed by atoms with van der Waals surface area (Å²) in [7, 11) is 1.51. The highest BCUT2D eigenvalue weighted by Crippen LogP contribution is 2.31. The van der Waals surface area contributed by atoms with Gasteiger partial charge in [-0.1, -0.05) is 0 Å². The third kappa shape index (κ3) is 5.67. The van der Waals surface area contributed by atoms with Crippen molar-refractivity contribution in [2.75, 3.05) is 19.0 Å². The number of carbonyl (C=O) groups is 2. The number of carboxylic acid groups (broad SMARTS) is 1. The van der Waals surface area contributed by atoms with Crippen molar-refractivity contribution < 1.29 is 29.3 Å². The summed E-state index contributed by atoms with van der Waals surface area (Å²) in [5.74, 6) is -0.425. The summed E-state index contributed by atoms with van der Waals surface area (Å²) in [5, 5.41) is 23.1. The minimum Gasteiger partial charge on any atom is -0.493 e. The average molecular weight is 326 g/mol. The minimum absolute atomic E-state index is 0.0707. The highest BCUT2D eigenvalue weighted by molar-refractivity contribution is 5.90. The van der Waals surface area contributed by atoms with Gasteiger partial charge in [0.25, 0.3) is 0 Å². The maximum atomic E-state index is 11.8. The zero-order valence-electron chi connectivity index (χ0n) is 13.5. The van der Waals surface area contributed by atoms with E-state index in [4.69, 9.17) is 14.6 Å². The molecule has 0 aromatic heterocycles. The molecular formula is C15H22N2O6. The lowest BCUT2D eigenvalue weighted by atomic mass is 10.1. The summed E-state index contributed by atoms with van der Waals surface area (Å²) < 4.78 is 10.8. The van der Waals surface area contributed by atoms with Crippen LogP contribution in [0.1, 0.15) is 20.8 Å². The number of urea groups is 1. The van der Waals surface area contributed by atoms with Crippen LogP contribution in [-0.4, -0.2) is 47.6 Å². The molecule has 23 heavy (non-hydrogen) atoms. The number of amides is 2. The number of methoxy groups -OCH3 is 1. The first-order chi connectivity index (χ1) is 10.7. The van der Waals surface area contributed by atoms with Gasteiger partial charge in [0.2, 0.25) is 0 Å². The van der Waals surface area contributed by atoms with E-state index < -0.39 is 24.1 Å². The number of ether oxygens (including phenoxy) is 2. The Bertz CT molecular complexity index is 571. The first kappa shape index (κ1) is 18.6. The highest BCUT2D eigenvalue weighted by atomic mass is 16.5. The van der Waals surface area contributed by atoms with Crippen molar-refractivity contribution in [1.82, 2.24) is 5.32 Å². The van der Waals surface area contributed by atoms with Crippen molar-refractivity contribution in [3.63, 3.8) is 0 Å². The number of nitrogens with one attached hydrogen (secondary N) is 2. The third-order valence-electron chi connectivity index (χ3n) is 2.84. The van der Waals surface area contributed by atoms with Gasteiger partial charge in [0, 0.05) is 11.8 Å². The van der Waals surface area contributed by atoms with Crippen molar-refractivity contribution in [3.8, 4) is 11.5 Å². The van der Waals surface area contributed by atoms with Crippen LogP contribution in [0.3, 0.4) is 0 Å². The van der Waals surface area contributed by atoms with Crippen LogP contribution in [0.2, 0.25) is 0 Å². The maximum absolute atomic E-state index is 11.8. The fraction of sp³-hybridized carbons (Fsp3) is 0.467. The molecule has 0 bridgehead atoms. The zero-order chi connectivity index (χ0) is 17.6. The number of carboxylic acids is 1. The number of anilines is 1. The van der Waals surface area contributed by atoms with Gasteiger partial charge < -0.3 is 30.3 Å². The van der Waals surface area contributed by atoms with Crippen molar-refractivity contribution in [3.05, 3.63) is 18.2 Å². The highest BCUT2D eigenvalue weighted by Gasteiger charge is 2.30. The minimum atomic E-state index is -2.04. The van der Waals surface area contributed by atoms with Gasteiger partial charge in [-0.15, -0.1) is 0 Å². The van der Waals surface area contributed by atoms with Crippen LogP contribution in [0, 0.1) is 0 Å². The number of hydrogen-bond donors (Lipinski definition) is 4. The SMILES string of the molecule is COc1ccc(NC(=O)NCC(C)(O)C(=O)O)cc1OC(C)C. The smallest absolute Gasteiger partial charge is 0.337 e. The van der Waals surface area contributed by atoms with Gasteiger partial charge in [0.15, 0.2) is 17.1 Å². The number of benzene rings is 1. The molecule has 1 aromatic carbocycles. The molecular weight excluding hydrogens is 304 g/mol. The molecule has 0 saturated carbocycles. The van der Waals surface area contributed by atoms with Crippen LogP contribution in [0.15, 0.2) is 18.2 Å². The summed E-state index contributed by atoms with van der Waals surface area (Å²) in [4.78, 5) is 22.5. The van der Waals surface area contributed by atoms with E-state index in [1.807, 2.05) is 13.8 Å². The standard InChI is InChI=1S/C15H22N2O6/c1-9(2)23-12-7-10(5-6-11(12)22-4)17-14(20)16-8-15(3,21)13(18)19/h5-7,9,21H,8H2,1-4H3,(H,18,19)(H2,16,17,20). The lowest BCUT2D eigenvalue weighted by Crippen LogP contribution is -2.47. The number of carbonyl (C=O) groups excluding carboxylic acids is 1. The van der Waals surface area contributed by atoms with Crippen LogP contribution in [0.4, 0.5) is 10.5 Å². The normalized spacial score (nSPS) is 13.1. The van der Waals surface area contributed by atoms with Crippen LogP contribution in [-0.2, 0) is 4.79 Å². The molecule has 128 valence electrons. The lowest BCUT2D eigenvalue weighted by Gasteiger charge is -2.19. The topological polar surface area (TPSA) is 117 Å². The summed E-state index contributed by atoms with van der Waals surface area (Å²) >= 11 is 0. The van der Waals surface area contributed by atoms with Crippen LogP contribution >= 0.6 is 0 Å². The fourth-order valence-corrected chi connectivity index (χ4v) is 1.60. The second-order valence-electron chi connectivity index (χ2n) is 5.42. The molecule has 0 aliphatic carbocycles. The predicted molar refractivity (Wildman–Crippen MR) is 84.0 cm³/mol. The predicted octanol–water partition coefficient (Wildman–Crippen LogP) is 1.44. The number of rotatable bonds is 7. The molecule has 1 aromatic rings. The van der Waals surface area contributed by atoms with Crippen LogP contribution in [0.25, 0.3) is 0 Å². The number of aliphatic hydroxyl groups is 1. The quantitative estimate of drug-likeness (QED) is 0.602. The molecule has 0 heterocycles. The Balaban J connectivity index is 2.73. The second kappa shape index (κ2) is 7.68. The van der Waals surface area contributed by atoms with E-state index in [2.05, 4.69) is 10.6 Å². The average Bonchev–Trinajstić information content (AvgIpc) is 2.45. The summed E-state index contributed by atoms with van der Waals surface area (Å²) in [6.07, 6.45) is -0.0707. The molecule has 0 saturated heterocycles. The first-order valence-corrected chi connectivity index (χ1v) is 7.01. The summed E-state index contributed by atoms with van der Waals surface area (Å²) in [6.45, 7) is 4.39. The molecule has 4 N–H and O–H groups in total. The van der Waals surface area contributed by atoms with Crippen molar-refractivity contribution in [2.45, 2.75) is 32.5 Å². The Labute approximate surface area is 134 Å². The molecule has 2 amide bonds. The van der Waals surface area contributed by atoms with Gasteiger partial charge in [0.1, 0.15) is 0 Å². The van der Waals surface area contributed by atoms with Crippen LogP contribution in [0.5, 0.6) is 11.5 Å². The molecule has 0 aliphatic rings. The Morgan fingerprint density at radius 2 is 1.96 bits per heavy atom. The van der Waals surface area contributed by atoms with Gasteiger partial charge in [0.05, 0.1) is 19.8 Å². The van der Waals surface area contributed by atoms with Gasteiger partial charge in [-0.3, -0.25) is 0 Å². The fourth-order valence-electron chi connectivity index (χ4n) is 1.60. The van der Waals surface area contributed by atoms with Crippen LogP contribution < -0.4 is 20.1 Å². The number of hydrogen-bond acceptors (Lipinski definition) is 5. The molecule has 0 radical (unpaired) electrons. The van der Waals surface area contributed by atoms with Crippen molar-refractivity contribution >= 4 is 17.7 Å². The van der Waals surface area contributed by atoms with E-state index in [0.29, 0.717) is 17.2 Å². The van der Waals surface area contributed by atoms with Gasteiger partial charge in [-0.05, 0) is 32.9 Å². The van der Waals surface area contributed by atoms with Gasteiger partial charge in [-0.2, -0.15) is 0 Å². The molecule has 1 rings (SSSR count). The molecule has 8 nitrogen and oxygen atoms in total. The van der Waals surface area contributed by atoms with Gasteiger partial charge in [-0.25, -0.2) is 9.59 Å². The maximum Gasteiger partial charge on any atom is 0.337 e. The van der Waals surface area contributed by atoms with E-state index in [1.165, 1.54) is 7.11 Å². The largest absolute Gasteiger partial charge is 0.493 e. The molecule has 8 heteroatoms. The zero-order valence-corrected chi connectivity index (χ0v) is 13.5. The second-order valence-corrected chi connectivity index (χ2v) is 5.42. The van der Waals surface area contributed by atoms with E-state index in [-0.39, 0.29) is 6.10 Å². The third-order valence-corrected chi connectivity index (χ3v) is 2.84. The van der Waals surface area contributed by atoms with E-state index in [9.17, 15) is 14.7 Å². The Morgan fingerprint density at radius 3 is 2.48 bits per heavy atom. The molecule has 0 spiro atoms. The summed E-state index contributed by atoms with van der Waals surface area (Å²) in [5.41, 5.74) is -1.60. The molecule has 1 unspecified atom stereocenters. The monoisotopic (exact) mass is 326 g/mol. The number of aliphatic carboxylic acids is 1. The lowest BCUT2D eigenvalue weighted by molar-refractivity contribution is -0.155. The molecule has 0 aliphatic heterocycles. The van der Waals surface area contributed by atoms with E-state index in [0.717, 1.165) is 6.92 Å². The Morgan fingerprint density at radius 1 is 1.30 bits per heavy atom. The van der Waals surface area contributed by atoms with E-state index in [1.54, 1.807) is 18.2 Å². The first-order valence-electron chi connectivity index (χ1n) is 7.01. The van der Waals surface area contributed by atoms with Crippen molar-refractivity contribution in [1.29, 1.82) is 0 Å². The Hall–Kier alpha value is -2.48. The summed E-state index contributed by atoms with van der Waals surface area (Å²) in [6, 6.07) is 4.20. The Kier molecular flexibility index (Phi) is 6.20. The van der Waals surface area contributed by atoms with E-state index >= 15 is 0 Å². The van der Waals surface area contributed by atoms with Gasteiger partial charge >= 0.3 is 12.0 Å².